The molecule has 0 bridgehead atoms. The lowest BCUT2D eigenvalue weighted by Gasteiger charge is -2.42. The van der Waals surface area contributed by atoms with Gasteiger partial charge in [-0.15, -0.1) is 0 Å². The Hall–Kier alpha value is -1.81. The van der Waals surface area contributed by atoms with E-state index in [1.54, 1.807) is 0 Å². The predicted molar refractivity (Wildman–Crippen MR) is 79.1 cm³/mol. The summed E-state index contributed by atoms with van der Waals surface area (Å²) in [6.07, 6.45) is -10.1. The molecule has 0 aliphatic carbocycles. The average Bonchev–Trinajstić information content (AvgIpc) is 2.65. The number of rotatable bonds is 13. The van der Waals surface area contributed by atoms with E-state index in [0.29, 0.717) is 4.72 Å². The molecule has 5 nitrogen and oxygen atoms in total. The van der Waals surface area contributed by atoms with Gasteiger partial charge in [-0.3, -0.25) is 4.79 Å². The SMILES string of the molecule is O=C(O)CCCCNS(=O)(=O)C(F)(F)C(F)(F)C(F)(F)C(F)(F)C(F)(F)C(F)(F)C(F)(F)C(F)(F)F. The van der Waals surface area contributed by atoms with Gasteiger partial charge in [0.15, 0.2) is 0 Å². The van der Waals surface area contributed by atoms with Crippen molar-refractivity contribution in [1.29, 1.82) is 0 Å². The first-order chi connectivity index (χ1) is 15.4. The molecule has 36 heavy (non-hydrogen) atoms. The number of hydrogen-bond donors (Lipinski definition) is 2. The molecule has 23 heteroatoms. The van der Waals surface area contributed by atoms with Crippen LogP contribution in [0.5, 0.6) is 0 Å². The lowest BCUT2D eigenvalue weighted by atomic mass is 9.91. The molecular weight excluding hydrogens is 589 g/mol. The zero-order chi connectivity index (χ0) is 29.6. The van der Waals surface area contributed by atoms with Crippen LogP contribution < -0.4 is 4.72 Å². The maximum atomic E-state index is 13.7. The molecule has 0 fully saturated rings. The first-order valence-electron chi connectivity index (χ1n) is 8.34. The molecule has 0 aromatic heterocycles. The number of nitrogens with one attached hydrogen (secondary N) is 1. The number of sulfonamides is 1. The molecule has 0 radical (unpaired) electrons. The number of carboxylic acids is 1. The fraction of sp³-hybridized carbons (Fsp3) is 0.923. The number of aliphatic carboxylic acids is 1. The third kappa shape index (κ3) is 4.99. The molecule has 0 aliphatic rings. The van der Waals surface area contributed by atoms with E-state index in [1.807, 2.05) is 0 Å². The minimum Gasteiger partial charge on any atom is -0.481 e. The summed E-state index contributed by atoms with van der Waals surface area (Å²) in [5.41, 5.74) is 0. The Bertz CT molecular complexity index is 912. The van der Waals surface area contributed by atoms with Gasteiger partial charge in [0.1, 0.15) is 0 Å². The fourth-order valence-electron chi connectivity index (χ4n) is 2.02. The summed E-state index contributed by atoms with van der Waals surface area (Å²) in [4.78, 5) is 10.2. The molecule has 0 saturated heterocycles. The Morgan fingerprint density at radius 1 is 0.583 bits per heavy atom. The van der Waals surface area contributed by atoms with Gasteiger partial charge in [0.25, 0.3) is 10.0 Å². The van der Waals surface area contributed by atoms with Gasteiger partial charge in [0.2, 0.25) is 0 Å². The van der Waals surface area contributed by atoms with Crippen LogP contribution in [0.25, 0.3) is 0 Å². The molecule has 0 unspecified atom stereocenters. The van der Waals surface area contributed by atoms with Crippen LogP contribution in [0, 0.1) is 0 Å². The van der Waals surface area contributed by atoms with E-state index < -0.39 is 88.8 Å². The van der Waals surface area contributed by atoms with E-state index in [9.17, 15) is 87.8 Å². The van der Waals surface area contributed by atoms with Gasteiger partial charge >= 0.3 is 52.9 Å². The zero-order valence-electron chi connectivity index (χ0n) is 16.3. The van der Waals surface area contributed by atoms with Crippen LogP contribution in [0.4, 0.5) is 74.6 Å². The van der Waals surface area contributed by atoms with E-state index in [0.717, 1.165) is 0 Å². The summed E-state index contributed by atoms with van der Waals surface area (Å²) in [6, 6.07) is 0. The summed E-state index contributed by atoms with van der Waals surface area (Å²) in [6.45, 7) is -1.49. The molecule has 0 amide bonds. The highest BCUT2D eigenvalue weighted by Gasteiger charge is 2.96. The largest absolute Gasteiger partial charge is 0.481 e. The van der Waals surface area contributed by atoms with Gasteiger partial charge in [-0.25, -0.2) is 13.1 Å². The first-order valence-corrected chi connectivity index (χ1v) is 9.82. The Labute approximate surface area is 187 Å². The standard InChI is InChI=1S/C13H10F17NO4S/c14-6(15,8(18,19)10(22,23)12(26,27)28)7(16,17)9(20,21)11(24,25)13(29,30)36(34,35)31-4-2-1-3-5(32)33/h31H,1-4H2,(H,32,33). The highest BCUT2D eigenvalue weighted by molar-refractivity contribution is 7.90. The predicted octanol–water partition coefficient (Wildman–Crippen LogP) is 5.13. The van der Waals surface area contributed by atoms with Crippen molar-refractivity contribution in [2.45, 2.75) is 66.2 Å². The summed E-state index contributed by atoms with van der Waals surface area (Å²) >= 11 is 0. The van der Waals surface area contributed by atoms with Gasteiger partial charge in [-0.05, 0) is 12.8 Å². The average molecular weight is 599 g/mol. The lowest BCUT2D eigenvalue weighted by molar-refractivity contribution is -0.458. The molecule has 0 aromatic rings. The summed E-state index contributed by atoms with van der Waals surface area (Å²) in [5.74, 6) is -53.4. The van der Waals surface area contributed by atoms with Gasteiger partial charge in [-0.1, -0.05) is 0 Å². The van der Waals surface area contributed by atoms with E-state index in [1.165, 1.54) is 0 Å². The lowest BCUT2D eigenvalue weighted by Crippen LogP contribution is -2.75. The summed E-state index contributed by atoms with van der Waals surface area (Å²) in [5, 5.41) is 0.629. The van der Waals surface area contributed by atoms with Crippen molar-refractivity contribution in [1.82, 2.24) is 4.72 Å². The van der Waals surface area contributed by atoms with Crippen LogP contribution in [0.3, 0.4) is 0 Å². The number of carboxylic acid groups (broad SMARTS) is 1. The normalized spacial score (nSPS) is 15.8. The van der Waals surface area contributed by atoms with E-state index in [4.69, 9.17) is 5.11 Å². The third-order valence-corrected chi connectivity index (χ3v) is 5.66. The highest BCUT2D eigenvalue weighted by atomic mass is 32.2. The molecule has 2 N–H and O–H groups in total. The second-order valence-electron chi connectivity index (χ2n) is 6.71. The zero-order valence-corrected chi connectivity index (χ0v) is 17.2. The molecule has 0 spiro atoms. The maximum Gasteiger partial charge on any atom is 0.460 e. The number of carbonyl (C=O) groups is 1. The molecule has 0 atom stereocenters. The Balaban J connectivity index is 6.48. The number of halogens is 17. The molecule has 0 heterocycles. The molecule has 0 aliphatic heterocycles. The van der Waals surface area contributed by atoms with Gasteiger partial charge in [0.05, 0.1) is 0 Å². The first kappa shape index (κ1) is 34.2. The monoisotopic (exact) mass is 599 g/mol. The van der Waals surface area contributed by atoms with Crippen molar-refractivity contribution in [2.24, 2.45) is 0 Å². The van der Waals surface area contributed by atoms with Gasteiger partial charge in [-0.2, -0.15) is 74.6 Å². The number of alkyl halides is 17. The summed E-state index contributed by atoms with van der Waals surface area (Å²) in [7, 11) is -7.35. The van der Waals surface area contributed by atoms with Crippen molar-refractivity contribution < 1.29 is 93.0 Å². The van der Waals surface area contributed by atoms with Crippen LogP contribution in [-0.2, 0) is 14.8 Å². The van der Waals surface area contributed by atoms with Crippen molar-refractivity contribution in [2.75, 3.05) is 6.54 Å². The van der Waals surface area contributed by atoms with Crippen molar-refractivity contribution in [3.05, 3.63) is 0 Å². The molecule has 0 aromatic carbocycles. The van der Waals surface area contributed by atoms with Crippen LogP contribution >= 0.6 is 0 Å². The maximum absolute atomic E-state index is 13.7. The van der Waals surface area contributed by atoms with Crippen LogP contribution in [0.2, 0.25) is 0 Å². The summed E-state index contributed by atoms with van der Waals surface area (Å²) < 4.78 is 246. The third-order valence-electron chi connectivity index (χ3n) is 4.14. The van der Waals surface area contributed by atoms with Crippen LogP contribution in [0.15, 0.2) is 0 Å². The van der Waals surface area contributed by atoms with E-state index >= 15 is 0 Å². The number of hydrogen-bond acceptors (Lipinski definition) is 3. The second-order valence-corrected chi connectivity index (χ2v) is 8.52. The number of unbranched alkanes of at least 4 members (excludes halogenated alkanes) is 1. The highest BCUT2D eigenvalue weighted by Crippen LogP contribution is 2.64. The van der Waals surface area contributed by atoms with Gasteiger partial charge in [0, 0.05) is 13.0 Å². The molecule has 216 valence electrons. The van der Waals surface area contributed by atoms with E-state index in [2.05, 4.69) is 0 Å². The smallest absolute Gasteiger partial charge is 0.460 e. The Kier molecular flexibility index (Phi) is 9.02. The molecular formula is C13H10F17NO4S. The van der Waals surface area contributed by atoms with Crippen molar-refractivity contribution in [3.8, 4) is 0 Å². The fourth-order valence-corrected chi connectivity index (χ4v) is 3.08. The molecule has 0 rings (SSSR count). The van der Waals surface area contributed by atoms with Crippen LogP contribution in [0.1, 0.15) is 19.3 Å². The van der Waals surface area contributed by atoms with Gasteiger partial charge < -0.3 is 5.11 Å². The molecule has 0 saturated carbocycles. The quantitative estimate of drug-likeness (QED) is 0.227. The minimum absolute atomic E-state index is 0.382. The Morgan fingerprint density at radius 2 is 0.917 bits per heavy atom. The van der Waals surface area contributed by atoms with E-state index in [-0.39, 0.29) is 0 Å². The minimum atomic E-state index is -8.89. The Morgan fingerprint density at radius 3 is 1.25 bits per heavy atom. The second kappa shape index (κ2) is 9.49. The van der Waals surface area contributed by atoms with Crippen LogP contribution in [-0.4, -0.2) is 73.0 Å². The topological polar surface area (TPSA) is 83.5 Å². The van der Waals surface area contributed by atoms with Crippen molar-refractivity contribution >= 4 is 16.0 Å². The van der Waals surface area contributed by atoms with Crippen molar-refractivity contribution in [3.63, 3.8) is 0 Å².